The Morgan fingerprint density at radius 3 is 2.24 bits per heavy atom. The first-order valence-corrected chi connectivity index (χ1v) is 10.6. The molecule has 1 N–H and O–H groups in total. The van der Waals surface area contributed by atoms with Crippen molar-refractivity contribution in [1.29, 1.82) is 0 Å². The fraction of sp³-hybridized carbons (Fsp3) is 0.333. The standard InChI is InChI=1S/C21H26N2O5S/c1-14(2)23(5)29(26,27)18-11-7-10-17(12-18)21(25)28-13-19(24)22-20-15(3)8-6-9-16(20)4/h6-12,14H,13H2,1-5H3,(H,22,24). The Hall–Kier alpha value is -2.71. The van der Waals surface area contributed by atoms with Crippen LogP contribution in [0.25, 0.3) is 0 Å². The van der Waals surface area contributed by atoms with E-state index in [4.69, 9.17) is 4.74 Å². The van der Waals surface area contributed by atoms with E-state index in [1.807, 2.05) is 32.0 Å². The first-order valence-electron chi connectivity index (χ1n) is 9.15. The number of hydrogen-bond acceptors (Lipinski definition) is 5. The van der Waals surface area contributed by atoms with Gasteiger partial charge in [0.05, 0.1) is 10.5 Å². The highest BCUT2D eigenvalue weighted by Gasteiger charge is 2.24. The summed E-state index contributed by atoms with van der Waals surface area (Å²) in [6.07, 6.45) is 0. The molecule has 156 valence electrons. The van der Waals surface area contributed by atoms with Crippen LogP contribution in [0.2, 0.25) is 0 Å². The Morgan fingerprint density at radius 2 is 1.66 bits per heavy atom. The molecule has 0 radical (unpaired) electrons. The van der Waals surface area contributed by atoms with Crippen LogP contribution in [0.4, 0.5) is 5.69 Å². The summed E-state index contributed by atoms with van der Waals surface area (Å²) >= 11 is 0. The van der Waals surface area contributed by atoms with Gasteiger partial charge < -0.3 is 10.1 Å². The van der Waals surface area contributed by atoms with Gasteiger partial charge in [0.25, 0.3) is 5.91 Å². The number of amides is 1. The highest BCUT2D eigenvalue weighted by Crippen LogP contribution is 2.20. The number of hydrogen-bond donors (Lipinski definition) is 1. The number of rotatable bonds is 7. The van der Waals surface area contributed by atoms with Crippen molar-refractivity contribution in [3.63, 3.8) is 0 Å². The predicted molar refractivity (Wildman–Crippen MR) is 111 cm³/mol. The normalized spacial score (nSPS) is 11.6. The van der Waals surface area contributed by atoms with E-state index >= 15 is 0 Å². The predicted octanol–water partition coefficient (Wildman–Crippen LogP) is 3.13. The van der Waals surface area contributed by atoms with Gasteiger partial charge in [-0.15, -0.1) is 0 Å². The fourth-order valence-corrected chi connectivity index (χ4v) is 4.04. The maximum absolute atomic E-state index is 12.6. The molecule has 8 heteroatoms. The zero-order valence-electron chi connectivity index (χ0n) is 17.2. The Morgan fingerprint density at radius 1 is 1.07 bits per heavy atom. The summed E-state index contributed by atoms with van der Waals surface area (Å²) in [7, 11) is -2.25. The van der Waals surface area contributed by atoms with E-state index in [-0.39, 0.29) is 16.5 Å². The van der Waals surface area contributed by atoms with Gasteiger partial charge in [-0.3, -0.25) is 4.79 Å². The summed E-state index contributed by atoms with van der Waals surface area (Å²) in [5.41, 5.74) is 2.54. The van der Waals surface area contributed by atoms with E-state index < -0.39 is 28.5 Å². The van der Waals surface area contributed by atoms with E-state index in [2.05, 4.69) is 5.32 Å². The first-order chi connectivity index (χ1) is 13.5. The molecule has 7 nitrogen and oxygen atoms in total. The van der Waals surface area contributed by atoms with E-state index in [0.717, 1.165) is 11.1 Å². The van der Waals surface area contributed by atoms with Crippen LogP contribution in [0.5, 0.6) is 0 Å². The van der Waals surface area contributed by atoms with Gasteiger partial charge in [-0.05, 0) is 57.0 Å². The highest BCUT2D eigenvalue weighted by molar-refractivity contribution is 7.89. The van der Waals surface area contributed by atoms with Crippen LogP contribution in [-0.4, -0.2) is 44.3 Å². The van der Waals surface area contributed by atoms with Crippen molar-refractivity contribution in [3.8, 4) is 0 Å². The molecular weight excluding hydrogens is 392 g/mol. The summed E-state index contributed by atoms with van der Waals surface area (Å²) in [5, 5.41) is 2.73. The smallest absolute Gasteiger partial charge is 0.338 e. The van der Waals surface area contributed by atoms with Gasteiger partial charge in [0.1, 0.15) is 0 Å². The van der Waals surface area contributed by atoms with Crippen LogP contribution >= 0.6 is 0 Å². The number of ether oxygens (including phenoxy) is 1. The van der Waals surface area contributed by atoms with E-state index in [0.29, 0.717) is 5.69 Å². The van der Waals surface area contributed by atoms with Gasteiger partial charge in [-0.25, -0.2) is 13.2 Å². The fourth-order valence-electron chi connectivity index (χ4n) is 2.63. The Bertz CT molecular complexity index is 995. The number of carbonyl (C=O) groups is 2. The quantitative estimate of drug-likeness (QED) is 0.698. The number of carbonyl (C=O) groups excluding carboxylic acids is 2. The molecule has 0 aliphatic rings. The number of nitrogens with zero attached hydrogens (tertiary/aromatic N) is 1. The topological polar surface area (TPSA) is 92.8 Å². The molecule has 0 saturated heterocycles. The lowest BCUT2D eigenvalue weighted by atomic mass is 10.1. The Balaban J connectivity index is 2.07. The Kier molecular flexibility index (Phi) is 7.16. The molecular formula is C21H26N2O5S. The van der Waals surface area contributed by atoms with Crippen LogP contribution < -0.4 is 5.32 Å². The lowest BCUT2D eigenvalue weighted by molar-refractivity contribution is -0.119. The maximum Gasteiger partial charge on any atom is 0.338 e. The molecule has 0 fully saturated rings. The minimum Gasteiger partial charge on any atom is -0.452 e. The number of esters is 1. The van der Waals surface area contributed by atoms with Crippen LogP contribution in [-0.2, 0) is 19.6 Å². The van der Waals surface area contributed by atoms with Crippen LogP contribution in [0.15, 0.2) is 47.4 Å². The molecule has 0 spiro atoms. The van der Waals surface area contributed by atoms with Crippen molar-refractivity contribution in [2.45, 2.75) is 38.6 Å². The third-order valence-corrected chi connectivity index (χ3v) is 6.58. The van der Waals surface area contributed by atoms with Gasteiger partial charge in [0.2, 0.25) is 10.0 Å². The number of sulfonamides is 1. The third kappa shape index (κ3) is 5.42. The van der Waals surface area contributed by atoms with Crippen LogP contribution in [0.1, 0.15) is 35.3 Å². The lowest BCUT2D eigenvalue weighted by Gasteiger charge is -2.21. The molecule has 0 atom stereocenters. The zero-order chi connectivity index (χ0) is 21.8. The average Bonchev–Trinajstić information content (AvgIpc) is 2.68. The average molecular weight is 419 g/mol. The second kappa shape index (κ2) is 9.19. The number of aryl methyl sites for hydroxylation is 2. The SMILES string of the molecule is Cc1cccc(C)c1NC(=O)COC(=O)c1cccc(S(=O)(=O)N(C)C(C)C)c1. The highest BCUT2D eigenvalue weighted by atomic mass is 32.2. The van der Waals surface area contributed by atoms with E-state index in [1.54, 1.807) is 13.8 Å². The number of benzene rings is 2. The number of nitrogens with one attached hydrogen (secondary N) is 1. The van der Waals surface area contributed by atoms with Crippen molar-refractivity contribution in [1.82, 2.24) is 4.31 Å². The van der Waals surface area contributed by atoms with Crippen LogP contribution in [0, 0.1) is 13.8 Å². The van der Waals surface area contributed by atoms with E-state index in [9.17, 15) is 18.0 Å². The second-order valence-electron chi connectivity index (χ2n) is 7.03. The molecule has 0 heterocycles. The molecule has 0 aromatic heterocycles. The minimum atomic E-state index is -3.73. The Labute approximate surface area is 171 Å². The van der Waals surface area contributed by atoms with Crippen molar-refractivity contribution in [2.75, 3.05) is 19.0 Å². The summed E-state index contributed by atoms with van der Waals surface area (Å²) in [6, 6.07) is 11.0. The van der Waals surface area contributed by atoms with Gasteiger partial charge in [-0.1, -0.05) is 24.3 Å². The minimum absolute atomic E-state index is 0.0110. The molecule has 0 aliphatic heterocycles. The summed E-state index contributed by atoms with van der Waals surface area (Å²) < 4.78 is 31.5. The molecule has 2 aromatic rings. The van der Waals surface area contributed by atoms with Gasteiger partial charge in [0, 0.05) is 18.8 Å². The molecule has 0 saturated carbocycles. The molecule has 2 aromatic carbocycles. The van der Waals surface area contributed by atoms with E-state index in [1.165, 1.54) is 35.6 Å². The maximum atomic E-state index is 12.6. The van der Waals surface area contributed by atoms with Crippen molar-refractivity contribution >= 4 is 27.6 Å². The molecule has 0 aliphatic carbocycles. The van der Waals surface area contributed by atoms with Gasteiger partial charge in [-0.2, -0.15) is 4.31 Å². The van der Waals surface area contributed by atoms with Crippen molar-refractivity contribution < 1.29 is 22.7 Å². The van der Waals surface area contributed by atoms with Gasteiger partial charge in [0.15, 0.2) is 6.61 Å². The molecule has 0 unspecified atom stereocenters. The van der Waals surface area contributed by atoms with Gasteiger partial charge >= 0.3 is 5.97 Å². The summed E-state index contributed by atoms with van der Waals surface area (Å²) in [4.78, 5) is 24.4. The first kappa shape index (κ1) is 22.6. The van der Waals surface area contributed by atoms with Crippen molar-refractivity contribution in [3.05, 3.63) is 59.2 Å². The molecule has 2 rings (SSSR count). The van der Waals surface area contributed by atoms with Crippen LogP contribution in [0.3, 0.4) is 0 Å². The molecule has 29 heavy (non-hydrogen) atoms. The largest absolute Gasteiger partial charge is 0.452 e. The monoisotopic (exact) mass is 418 g/mol. The summed E-state index contributed by atoms with van der Waals surface area (Å²) in [5.74, 6) is -1.25. The molecule has 0 bridgehead atoms. The second-order valence-corrected chi connectivity index (χ2v) is 9.03. The summed E-state index contributed by atoms with van der Waals surface area (Å²) in [6.45, 7) is 6.77. The van der Waals surface area contributed by atoms with Crippen molar-refractivity contribution in [2.24, 2.45) is 0 Å². The number of para-hydroxylation sites is 1. The number of anilines is 1. The third-order valence-electron chi connectivity index (χ3n) is 4.55. The lowest BCUT2D eigenvalue weighted by Crippen LogP contribution is -2.33. The molecule has 1 amide bonds. The zero-order valence-corrected chi connectivity index (χ0v) is 18.0.